The third-order valence-corrected chi connectivity index (χ3v) is 3.93. The summed E-state index contributed by atoms with van der Waals surface area (Å²) >= 11 is 0. The van der Waals surface area contributed by atoms with E-state index in [4.69, 9.17) is 4.74 Å². The number of rotatable bonds is 3. The number of nitrogens with zero attached hydrogens (tertiary/aromatic N) is 2. The van der Waals surface area contributed by atoms with E-state index in [-0.39, 0.29) is 11.9 Å². The second kappa shape index (κ2) is 5.27. The van der Waals surface area contributed by atoms with Gasteiger partial charge in [-0.15, -0.1) is 0 Å². The number of carbonyl (C=O) groups is 1. The van der Waals surface area contributed by atoms with Crippen molar-refractivity contribution < 1.29 is 9.53 Å². The molecule has 1 atom stereocenters. The molecule has 0 bridgehead atoms. The average molecular weight is 272 g/mol. The lowest BCUT2D eigenvalue weighted by molar-refractivity contribution is 0.0775. The van der Waals surface area contributed by atoms with E-state index in [1.54, 1.807) is 0 Å². The van der Waals surface area contributed by atoms with Crippen LogP contribution in [0.2, 0.25) is 0 Å². The first-order valence-electron chi connectivity index (χ1n) is 7.33. The van der Waals surface area contributed by atoms with Gasteiger partial charge >= 0.3 is 0 Å². The van der Waals surface area contributed by atoms with E-state index >= 15 is 0 Å². The summed E-state index contributed by atoms with van der Waals surface area (Å²) in [7, 11) is 0. The van der Waals surface area contributed by atoms with Crippen LogP contribution in [0.1, 0.15) is 42.1 Å². The van der Waals surface area contributed by atoms with Crippen molar-refractivity contribution in [3.63, 3.8) is 0 Å². The van der Waals surface area contributed by atoms with Crippen LogP contribution in [-0.2, 0) is 0 Å². The summed E-state index contributed by atoms with van der Waals surface area (Å²) in [6.07, 6.45) is 4.96. The highest BCUT2D eigenvalue weighted by atomic mass is 16.5. The van der Waals surface area contributed by atoms with Crippen LogP contribution >= 0.6 is 0 Å². The van der Waals surface area contributed by atoms with Crippen LogP contribution in [0.3, 0.4) is 0 Å². The van der Waals surface area contributed by atoms with Gasteiger partial charge in [-0.25, -0.2) is 0 Å². The second-order valence-corrected chi connectivity index (χ2v) is 5.47. The zero-order valence-electron chi connectivity index (χ0n) is 12.1. The molecule has 0 spiro atoms. The van der Waals surface area contributed by atoms with Crippen molar-refractivity contribution in [2.24, 2.45) is 4.99 Å². The van der Waals surface area contributed by atoms with Crippen LogP contribution < -0.4 is 4.74 Å². The highest BCUT2D eigenvalue weighted by Crippen LogP contribution is 2.33. The summed E-state index contributed by atoms with van der Waals surface area (Å²) in [5.74, 6) is 0.933. The summed E-state index contributed by atoms with van der Waals surface area (Å²) in [6, 6.07) is 3.98. The highest BCUT2D eigenvalue weighted by Gasteiger charge is 2.31. The number of aliphatic imine (C=N–C) groups is 1. The van der Waals surface area contributed by atoms with Gasteiger partial charge in [0, 0.05) is 18.8 Å². The summed E-state index contributed by atoms with van der Waals surface area (Å²) in [4.78, 5) is 19.1. The predicted molar refractivity (Wildman–Crippen MR) is 79.2 cm³/mol. The monoisotopic (exact) mass is 272 g/mol. The van der Waals surface area contributed by atoms with Crippen LogP contribution in [0.4, 0.5) is 5.69 Å². The third kappa shape index (κ3) is 2.19. The van der Waals surface area contributed by atoms with E-state index in [2.05, 4.69) is 11.9 Å². The molecule has 0 saturated carbocycles. The van der Waals surface area contributed by atoms with Crippen LogP contribution in [-0.4, -0.2) is 36.2 Å². The van der Waals surface area contributed by atoms with Crippen molar-refractivity contribution >= 4 is 17.8 Å². The Kier molecular flexibility index (Phi) is 3.47. The van der Waals surface area contributed by atoms with Crippen molar-refractivity contribution in [2.45, 2.75) is 39.2 Å². The first-order valence-corrected chi connectivity index (χ1v) is 7.33. The first kappa shape index (κ1) is 13.2. The fourth-order valence-electron chi connectivity index (χ4n) is 2.84. The van der Waals surface area contributed by atoms with Crippen molar-refractivity contribution in [3.8, 4) is 5.75 Å². The Morgan fingerprint density at radius 2 is 2.30 bits per heavy atom. The quantitative estimate of drug-likeness (QED) is 0.848. The molecular weight excluding hydrogens is 252 g/mol. The number of benzene rings is 1. The lowest BCUT2D eigenvalue weighted by Crippen LogP contribution is -2.35. The zero-order valence-corrected chi connectivity index (χ0v) is 12.1. The first-order chi connectivity index (χ1) is 9.70. The minimum atomic E-state index is 0.102. The van der Waals surface area contributed by atoms with Gasteiger partial charge in [-0.2, -0.15) is 0 Å². The van der Waals surface area contributed by atoms with Gasteiger partial charge < -0.3 is 9.64 Å². The number of carbonyl (C=O) groups excluding carboxylic acids is 1. The van der Waals surface area contributed by atoms with Gasteiger partial charge in [-0.05, 0) is 37.8 Å². The Morgan fingerprint density at radius 1 is 1.45 bits per heavy atom. The van der Waals surface area contributed by atoms with Crippen molar-refractivity contribution in [3.05, 3.63) is 23.3 Å². The standard InChI is InChI=1S/C16H20N2O2/c1-3-7-20-15-9-14-13(8-11(15)2)16(19)18-6-4-5-12(18)10-17-14/h8-10,12H,3-7H2,1-2H3. The Balaban J connectivity index is 1.99. The lowest BCUT2D eigenvalue weighted by Gasteiger charge is -2.20. The van der Waals surface area contributed by atoms with Crippen LogP contribution in [0.25, 0.3) is 0 Å². The molecule has 0 N–H and O–H groups in total. The van der Waals surface area contributed by atoms with E-state index in [1.165, 1.54) is 0 Å². The normalized spacial score (nSPS) is 20.6. The molecule has 4 nitrogen and oxygen atoms in total. The lowest BCUT2D eigenvalue weighted by atomic mass is 10.1. The van der Waals surface area contributed by atoms with Gasteiger partial charge in [-0.1, -0.05) is 6.92 Å². The number of hydrogen-bond donors (Lipinski definition) is 0. The van der Waals surface area contributed by atoms with Crippen LogP contribution in [0.15, 0.2) is 17.1 Å². The van der Waals surface area contributed by atoms with Crippen LogP contribution in [0, 0.1) is 6.92 Å². The smallest absolute Gasteiger partial charge is 0.256 e. The molecule has 3 rings (SSSR count). The fourth-order valence-corrected chi connectivity index (χ4v) is 2.84. The van der Waals surface area contributed by atoms with E-state index in [0.29, 0.717) is 12.2 Å². The number of aryl methyl sites for hydroxylation is 1. The van der Waals surface area contributed by atoms with Gasteiger partial charge in [-0.3, -0.25) is 9.79 Å². The van der Waals surface area contributed by atoms with Gasteiger partial charge in [0.1, 0.15) is 5.75 Å². The second-order valence-electron chi connectivity index (χ2n) is 5.47. The Labute approximate surface area is 119 Å². The molecule has 0 aliphatic carbocycles. The Bertz CT molecular complexity index is 566. The maximum absolute atomic E-state index is 12.6. The molecule has 20 heavy (non-hydrogen) atoms. The van der Waals surface area contributed by atoms with Gasteiger partial charge in [0.2, 0.25) is 0 Å². The van der Waals surface area contributed by atoms with Gasteiger partial charge in [0.15, 0.2) is 0 Å². The highest BCUT2D eigenvalue weighted by molar-refractivity contribution is 6.03. The molecule has 0 radical (unpaired) electrons. The van der Waals surface area contributed by atoms with E-state index in [9.17, 15) is 4.79 Å². The molecule has 1 aromatic carbocycles. The topological polar surface area (TPSA) is 41.9 Å². The van der Waals surface area contributed by atoms with Crippen molar-refractivity contribution in [1.29, 1.82) is 0 Å². The average Bonchev–Trinajstić information content (AvgIpc) is 2.87. The zero-order chi connectivity index (χ0) is 14.1. The number of amides is 1. The molecule has 1 saturated heterocycles. The van der Waals surface area contributed by atoms with Crippen LogP contribution in [0.5, 0.6) is 5.75 Å². The summed E-state index contributed by atoms with van der Waals surface area (Å²) in [6.45, 7) is 5.58. The van der Waals surface area contributed by atoms with Gasteiger partial charge in [0.25, 0.3) is 5.91 Å². The van der Waals surface area contributed by atoms with Gasteiger partial charge in [0.05, 0.1) is 23.9 Å². The maximum Gasteiger partial charge on any atom is 0.256 e. The molecule has 2 aliphatic heterocycles. The minimum Gasteiger partial charge on any atom is -0.493 e. The molecule has 2 heterocycles. The minimum absolute atomic E-state index is 0.102. The van der Waals surface area contributed by atoms with Crippen molar-refractivity contribution in [2.75, 3.05) is 13.2 Å². The van der Waals surface area contributed by atoms with E-state index in [1.807, 2.05) is 30.2 Å². The number of hydrogen-bond acceptors (Lipinski definition) is 3. The molecule has 2 aliphatic rings. The predicted octanol–water partition coefficient (Wildman–Crippen LogP) is 3.10. The summed E-state index contributed by atoms with van der Waals surface area (Å²) < 4.78 is 5.72. The van der Waals surface area contributed by atoms with E-state index < -0.39 is 0 Å². The SMILES string of the molecule is CCCOc1cc2c(cc1C)C(=O)N1CCCC1C=N2. The summed E-state index contributed by atoms with van der Waals surface area (Å²) in [5, 5.41) is 0. The molecular formula is C16H20N2O2. The molecule has 0 aromatic heterocycles. The largest absolute Gasteiger partial charge is 0.493 e. The Hall–Kier alpha value is -1.84. The molecule has 1 aromatic rings. The molecule has 1 fully saturated rings. The third-order valence-electron chi connectivity index (χ3n) is 3.93. The molecule has 1 unspecified atom stereocenters. The summed E-state index contributed by atoms with van der Waals surface area (Å²) in [5.41, 5.74) is 2.44. The fraction of sp³-hybridized carbons (Fsp3) is 0.500. The maximum atomic E-state index is 12.6. The number of ether oxygens (including phenoxy) is 1. The Morgan fingerprint density at radius 3 is 3.10 bits per heavy atom. The molecule has 106 valence electrons. The van der Waals surface area contributed by atoms with Crippen molar-refractivity contribution in [1.82, 2.24) is 4.90 Å². The van der Waals surface area contributed by atoms with E-state index in [0.717, 1.165) is 42.8 Å². The molecule has 1 amide bonds. The molecule has 4 heteroatoms. The number of fused-ring (bicyclic) bond motifs is 2.